The van der Waals surface area contributed by atoms with Gasteiger partial charge in [-0.15, -0.1) is 0 Å². The Kier molecular flexibility index (Phi) is 6.41. The summed E-state index contributed by atoms with van der Waals surface area (Å²) in [5.41, 5.74) is 4.61. The van der Waals surface area contributed by atoms with Crippen molar-refractivity contribution in [2.75, 3.05) is 44.9 Å². The molecule has 8 heteroatoms. The Labute approximate surface area is 203 Å². The fraction of sp³-hybridized carbons (Fsp3) is 0.308. The normalized spacial score (nSPS) is 15.1. The van der Waals surface area contributed by atoms with Crippen LogP contribution < -0.4 is 10.5 Å². The van der Waals surface area contributed by atoms with Crippen LogP contribution in [0.4, 0.5) is 5.69 Å². The zero-order chi connectivity index (χ0) is 23.7. The molecule has 1 atom stereocenters. The molecule has 3 aromatic heterocycles. The van der Waals surface area contributed by atoms with Gasteiger partial charge >= 0.3 is 0 Å². The minimum absolute atomic E-state index is 0.103. The number of morpholine rings is 1. The van der Waals surface area contributed by atoms with Crippen LogP contribution in [-0.2, 0) is 16.5 Å². The maximum atomic E-state index is 13.3. The average Bonchev–Trinajstić information content (AvgIpc) is 3.19. The van der Waals surface area contributed by atoms with Gasteiger partial charge in [0, 0.05) is 61.7 Å². The topological polar surface area (TPSA) is 61.5 Å². The van der Waals surface area contributed by atoms with Gasteiger partial charge in [0.1, 0.15) is 5.65 Å². The number of aromatic nitrogens is 3. The van der Waals surface area contributed by atoms with Gasteiger partial charge in [-0.3, -0.25) is 4.79 Å². The summed E-state index contributed by atoms with van der Waals surface area (Å²) in [6.45, 7) is 3.48. The number of fused-ring (bicyclic) bond motifs is 1. The second-order valence-corrected chi connectivity index (χ2v) is 8.94. The molecular formula is C26H27ClN4O3. The van der Waals surface area contributed by atoms with Crippen LogP contribution >= 0.6 is 11.6 Å². The Balaban J connectivity index is 1.55. The third-order valence-electron chi connectivity index (χ3n) is 6.33. The number of ether oxygens (including phenoxy) is 2. The molecule has 34 heavy (non-hydrogen) atoms. The van der Waals surface area contributed by atoms with Crippen LogP contribution in [0.25, 0.3) is 22.2 Å². The van der Waals surface area contributed by atoms with Gasteiger partial charge in [-0.05, 0) is 35.4 Å². The predicted molar refractivity (Wildman–Crippen MR) is 135 cm³/mol. The van der Waals surface area contributed by atoms with Crippen LogP contribution in [0.1, 0.15) is 11.6 Å². The summed E-state index contributed by atoms with van der Waals surface area (Å²) in [7, 11) is 3.61. The second-order valence-electron chi connectivity index (χ2n) is 8.50. The molecule has 1 unspecified atom stereocenters. The van der Waals surface area contributed by atoms with Crippen molar-refractivity contribution in [2.45, 2.75) is 6.04 Å². The van der Waals surface area contributed by atoms with Gasteiger partial charge < -0.3 is 23.5 Å². The first-order chi connectivity index (χ1) is 16.5. The van der Waals surface area contributed by atoms with Crippen molar-refractivity contribution in [3.63, 3.8) is 0 Å². The van der Waals surface area contributed by atoms with Gasteiger partial charge in [0.15, 0.2) is 0 Å². The Hall–Kier alpha value is -3.13. The molecule has 1 aliphatic heterocycles. The minimum atomic E-state index is -0.271. The van der Waals surface area contributed by atoms with E-state index in [1.54, 1.807) is 17.7 Å². The first-order valence-corrected chi connectivity index (χ1v) is 11.7. The number of rotatable bonds is 6. The molecule has 4 heterocycles. The molecule has 0 amide bonds. The highest BCUT2D eigenvalue weighted by Gasteiger charge is 2.19. The van der Waals surface area contributed by atoms with Gasteiger partial charge in [0.05, 0.1) is 37.7 Å². The van der Waals surface area contributed by atoms with Gasteiger partial charge in [0.2, 0.25) is 0 Å². The third-order valence-corrected chi connectivity index (χ3v) is 6.56. The van der Waals surface area contributed by atoms with Crippen LogP contribution in [-0.4, -0.2) is 54.1 Å². The van der Waals surface area contributed by atoms with Crippen molar-refractivity contribution in [3.05, 3.63) is 82.0 Å². The summed E-state index contributed by atoms with van der Waals surface area (Å²) in [5.74, 6) is 0. The lowest BCUT2D eigenvalue weighted by molar-refractivity contribution is 0.122. The number of pyridine rings is 2. The van der Waals surface area contributed by atoms with Gasteiger partial charge in [-0.1, -0.05) is 23.7 Å². The molecule has 176 valence electrons. The summed E-state index contributed by atoms with van der Waals surface area (Å²) in [6, 6.07) is 13.1. The quantitative estimate of drug-likeness (QED) is 0.417. The highest BCUT2D eigenvalue weighted by atomic mass is 35.5. The number of halogens is 1. The van der Waals surface area contributed by atoms with Crippen LogP contribution in [0.2, 0.25) is 5.02 Å². The summed E-state index contributed by atoms with van der Waals surface area (Å²) < 4.78 is 14.6. The highest BCUT2D eigenvalue weighted by Crippen LogP contribution is 2.32. The van der Waals surface area contributed by atoms with E-state index in [9.17, 15) is 4.79 Å². The van der Waals surface area contributed by atoms with E-state index in [1.807, 2.05) is 60.5 Å². The fourth-order valence-electron chi connectivity index (χ4n) is 4.60. The molecule has 1 aliphatic rings. The maximum absolute atomic E-state index is 13.3. The Morgan fingerprint density at radius 2 is 2.00 bits per heavy atom. The third kappa shape index (κ3) is 4.34. The molecule has 1 fully saturated rings. The number of nitrogens with zero attached hydrogens (tertiary/aromatic N) is 4. The van der Waals surface area contributed by atoms with E-state index in [1.165, 1.54) is 0 Å². The highest BCUT2D eigenvalue weighted by molar-refractivity contribution is 6.30. The monoisotopic (exact) mass is 478 g/mol. The number of benzene rings is 1. The molecular weight excluding hydrogens is 452 g/mol. The van der Waals surface area contributed by atoms with Crippen molar-refractivity contribution in [1.82, 2.24) is 14.1 Å². The summed E-state index contributed by atoms with van der Waals surface area (Å²) >= 11 is 6.20. The lowest BCUT2D eigenvalue weighted by atomic mass is 10.0. The molecule has 0 aliphatic carbocycles. The van der Waals surface area contributed by atoms with Gasteiger partial charge in [-0.2, -0.15) is 0 Å². The molecule has 0 N–H and O–H groups in total. The number of aryl methyl sites for hydroxylation is 1. The zero-order valence-corrected chi connectivity index (χ0v) is 20.0. The van der Waals surface area contributed by atoms with E-state index in [2.05, 4.69) is 11.0 Å². The fourth-order valence-corrected chi connectivity index (χ4v) is 4.80. The van der Waals surface area contributed by atoms with Crippen LogP contribution in [0.5, 0.6) is 0 Å². The summed E-state index contributed by atoms with van der Waals surface area (Å²) in [4.78, 5) is 20.3. The largest absolute Gasteiger partial charge is 0.382 e. The van der Waals surface area contributed by atoms with E-state index in [-0.39, 0.29) is 11.6 Å². The van der Waals surface area contributed by atoms with Gasteiger partial charge in [-0.25, -0.2) is 4.98 Å². The number of methoxy groups -OCH3 is 1. The van der Waals surface area contributed by atoms with E-state index in [0.717, 1.165) is 46.5 Å². The molecule has 0 bridgehead atoms. The zero-order valence-electron chi connectivity index (χ0n) is 19.3. The Morgan fingerprint density at radius 1 is 1.18 bits per heavy atom. The van der Waals surface area contributed by atoms with Crippen molar-refractivity contribution >= 4 is 28.3 Å². The molecule has 0 radical (unpaired) electrons. The first-order valence-electron chi connectivity index (χ1n) is 11.3. The molecule has 4 aromatic rings. The van der Waals surface area contributed by atoms with Crippen molar-refractivity contribution < 1.29 is 9.47 Å². The Bertz CT molecular complexity index is 1370. The smallest absolute Gasteiger partial charge is 0.251 e. The van der Waals surface area contributed by atoms with Crippen LogP contribution in [0.15, 0.2) is 65.8 Å². The van der Waals surface area contributed by atoms with Crippen LogP contribution in [0.3, 0.4) is 0 Å². The Morgan fingerprint density at radius 3 is 2.74 bits per heavy atom. The number of hydrogen-bond donors (Lipinski definition) is 0. The van der Waals surface area contributed by atoms with E-state index in [0.29, 0.717) is 24.8 Å². The second kappa shape index (κ2) is 9.62. The summed E-state index contributed by atoms with van der Waals surface area (Å²) in [6.07, 6.45) is 5.78. The van der Waals surface area contributed by atoms with Gasteiger partial charge in [0.25, 0.3) is 5.56 Å². The lowest BCUT2D eigenvalue weighted by Crippen LogP contribution is -2.36. The minimum Gasteiger partial charge on any atom is -0.382 e. The maximum Gasteiger partial charge on any atom is 0.251 e. The van der Waals surface area contributed by atoms with Crippen molar-refractivity contribution in [3.8, 4) is 11.1 Å². The molecule has 1 saturated heterocycles. The van der Waals surface area contributed by atoms with Crippen LogP contribution in [0, 0.1) is 0 Å². The van der Waals surface area contributed by atoms with E-state index < -0.39 is 0 Å². The van der Waals surface area contributed by atoms with Crippen molar-refractivity contribution in [2.24, 2.45) is 7.05 Å². The predicted octanol–water partition coefficient (Wildman–Crippen LogP) is 4.13. The number of hydrogen-bond acceptors (Lipinski definition) is 5. The standard InChI is InChI=1S/C26H27ClN4O3/c1-29-16-23(22-14-21(15-28-26(22)29)30-8-10-34-11-9-30)18-6-7-31(25(32)13-18)24(17-33-2)19-4-3-5-20(27)12-19/h3-7,12-16,24H,8-11,17H2,1-2H3. The first kappa shape index (κ1) is 22.7. The number of anilines is 1. The molecule has 0 spiro atoms. The van der Waals surface area contributed by atoms with Crippen molar-refractivity contribution in [1.29, 1.82) is 0 Å². The molecule has 5 rings (SSSR count). The van der Waals surface area contributed by atoms with E-state index >= 15 is 0 Å². The van der Waals surface area contributed by atoms with E-state index in [4.69, 9.17) is 26.1 Å². The average molecular weight is 479 g/mol. The molecule has 0 saturated carbocycles. The SMILES string of the molecule is COCC(c1cccc(Cl)c1)n1ccc(-c2cn(C)c3ncc(N4CCOCC4)cc23)cc1=O. The lowest BCUT2D eigenvalue weighted by Gasteiger charge is -2.28. The molecule has 7 nitrogen and oxygen atoms in total. The molecule has 1 aromatic carbocycles. The summed E-state index contributed by atoms with van der Waals surface area (Å²) in [5, 5.41) is 1.65.